The molecule has 1 saturated heterocycles. The van der Waals surface area contributed by atoms with Crippen LogP contribution in [0.3, 0.4) is 0 Å². The quantitative estimate of drug-likeness (QED) is 0.587. The van der Waals surface area contributed by atoms with Gasteiger partial charge in [-0.15, -0.1) is 0 Å². The Kier molecular flexibility index (Phi) is 6.75. The Morgan fingerprint density at radius 2 is 2.11 bits per heavy atom. The Balaban J connectivity index is 2.36. The number of nitrogens with zero attached hydrogens (tertiary/aromatic N) is 1. The zero-order valence-corrected chi connectivity index (χ0v) is 11.7. The van der Waals surface area contributed by atoms with Gasteiger partial charge >= 0.3 is 0 Å². The van der Waals surface area contributed by atoms with Crippen molar-refractivity contribution in [2.75, 3.05) is 47.6 Å². The third-order valence-electron chi connectivity index (χ3n) is 3.12. The minimum absolute atomic E-state index is 0.00719. The Morgan fingerprint density at radius 3 is 2.68 bits per heavy atom. The van der Waals surface area contributed by atoms with E-state index in [1.54, 1.807) is 12.0 Å². The monoisotopic (exact) mass is 274 g/mol. The zero-order valence-electron chi connectivity index (χ0n) is 11.7. The molecular weight excluding hydrogens is 252 g/mol. The third-order valence-corrected chi connectivity index (χ3v) is 3.12. The lowest BCUT2D eigenvalue weighted by Gasteiger charge is -2.17. The molecule has 1 aliphatic heterocycles. The summed E-state index contributed by atoms with van der Waals surface area (Å²) in [6.07, 6.45) is -0.217. The maximum absolute atomic E-state index is 11.9. The predicted molar refractivity (Wildman–Crippen MR) is 67.4 cm³/mol. The number of hydrogen-bond donors (Lipinski definition) is 1. The minimum atomic E-state index is -0.467. The van der Waals surface area contributed by atoms with E-state index < -0.39 is 6.29 Å². The highest BCUT2D eigenvalue weighted by molar-refractivity contribution is 5.89. The first-order valence-electron chi connectivity index (χ1n) is 6.22. The first-order valence-corrected chi connectivity index (χ1v) is 6.22. The van der Waals surface area contributed by atoms with Crippen LogP contribution in [0.25, 0.3) is 0 Å². The van der Waals surface area contributed by atoms with Gasteiger partial charge in [-0.25, -0.2) is 0 Å². The molecule has 0 aromatic heterocycles. The van der Waals surface area contributed by atoms with Crippen molar-refractivity contribution < 1.29 is 23.8 Å². The number of nitrogens with one attached hydrogen (secondary N) is 1. The molecule has 2 amide bonds. The summed E-state index contributed by atoms with van der Waals surface area (Å²) >= 11 is 0. The van der Waals surface area contributed by atoms with Crippen molar-refractivity contribution in [2.45, 2.75) is 12.7 Å². The largest absolute Gasteiger partial charge is 0.383 e. The van der Waals surface area contributed by atoms with Gasteiger partial charge in [-0.3, -0.25) is 9.59 Å². The molecule has 0 bridgehead atoms. The third kappa shape index (κ3) is 4.77. The molecule has 1 aliphatic rings. The molecule has 0 aliphatic carbocycles. The molecule has 1 fully saturated rings. The number of rotatable bonds is 8. The number of amides is 2. The summed E-state index contributed by atoms with van der Waals surface area (Å²) in [6.45, 7) is 1.72. The van der Waals surface area contributed by atoms with E-state index in [4.69, 9.17) is 14.2 Å². The maximum atomic E-state index is 11.9. The first kappa shape index (κ1) is 15.9. The number of carbonyl (C=O) groups is 2. The number of methoxy groups -OCH3 is 3. The van der Waals surface area contributed by atoms with Crippen molar-refractivity contribution in [1.29, 1.82) is 0 Å². The molecule has 0 aromatic rings. The summed E-state index contributed by atoms with van der Waals surface area (Å²) in [5.74, 6) is -0.460. The molecule has 1 atom stereocenters. The number of carbonyl (C=O) groups excluding carboxylic acids is 2. The van der Waals surface area contributed by atoms with Gasteiger partial charge in [-0.1, -0.05) is 0 Å². The topological polar surface area (TPSA) is 77.1 Å². The summed E-state index contributed by atoms with van der Waals surface area (Å²) in [5.41, 5.74) is 0. The van der Waals surface area contributed by atoms with Crippen LogP contribution in [0.2, 0.25) is 0 Å². The standard InChI is InChI=1S/C12H22N2O5/c1-17-5-4-14-8-9(6-10(14)15)12(16)13-7-11(18-2)19-3/h9,11H,4-8H2,1-3H3,(H,13,16). The molecule has 7 heteroatoms. The highest BCUT2D eigenvalue weighted by Crippen LogP contribution is 2.17. The second-order valence-corrected chi connectivity index (χ2v) is 4.38. The lowest BCUT2D eigenvalue weighted by molar-refractivity contribution is -0.131. The fraction of sp³-hybridized carbons (Fsp3) is 0.833. The normalized spacial score (nSPS) is 19.3. The molecular formula is C12H22N2O5. The molecule has 1 rings (SSSR count). The summed E-state index contributed by atoms with van der Waals surface area (Å²) in [6, 6.07) is 0. The second-order valence-electron chi connectivity index (χ2n) is 4.38. The van der Waals surface area contributed by atoms with Gasteiger partial charge in [0.25, 0.3) is 0 Å². The Hall–Kier alpha value is -1.18. The van der Waals surface area contributed by atoms with Gasteiger partial charge in [-0.05, 0) is 0 Å². The van der Waals surface area contributed by atoms with Crippen molar-refractivity contribution in [3.63, 3.8) is 0 Å². The molecule has 0 radical (unpaired) electrons. The van der Waals surface area contributed by atoms with Gasteiger partial charge in [0.05, 0.1) is 19.1 Å². The average Bonchev–Trinajstić information content (AvgIpc) is 2.78. The van der Waals surface area contributed by atoms with Crippen LogP contribution in [-0.2, 0) is 23.8 Å². The zero-order chi connectivity index (χ0) is 14.3. The summed E-state index contributed by atoms with van der Waals surface area (Å²) in [4.78, 5) is 25.3. The van der Waals surface area contributed by atoms with E-state index in [-0.39, 0.29) is 30.7 Å². The van der Waals surface area contributed by atoms with E-state index in [0.717, 1.165) is 0 Å². The molecule has 110 valence electrons. The molecule has 0 spiro atoms. The smallest absolute Gasteiger partial charge is 0.225 e. The molecule has 0 saturated carbocycles. The summed E-state index contributed by atoms with van der Waals surface area (Å²) in [7, 11) is 4.60. The van der Waals surface area contributed by atoms with Gasteiger partial charge in [0.1, 0.15) is 0 Å². The van der Waals surface area contributed by atoms with Gasteiger partial charge in [-0.2, -0.15) is 0 Å². The molecule has 1 heterocycles. The average molecular weight is 274 g/mol. The summed E-state index contributed by atoms with van der Waals surface area (Å²) < 4.78 is 14.9. The Morgan fingerprint density at radius 1 is 1.42 bits per heavy atom. The van der Waals surface area contributed by atoms with Crippen LogP contribution >= 0.6 is 0 Å². The van der Waals surface area contributed by atoms with Crippen LogP contribution < -0.4 is 5.32 Å². The van der Waals surface area contributed by atoms with Crippen LogP contribution in [0.4, 0.5) is 0 Å². The first-order chi connectivity index (χ1) is 9.12. The van der Waals surface area contributed by atoms with Crippen molar-refractivity contribution in [1.82, 2.24) is 10.2 Å². The van der Waals surface area contributed by atoms with E-state index in [1.165, 1.54) is 14.2 Å². The molecule has 1 unspecified atom stereocenters. The predicted octanol–water partition coefficient (Wildman–Crippen LogP) is -0.784. The molecule has 19 heavy (non-hydrogen) atoms. The fourth-order valence-corrected chi connectivity index (χ4v) is 1.96. The highest BCUT2D eigenvalue weighted by atomic mass is 16.7. The second kappa shape index (κ2) is 8.08. The minimum Gasteiger partial charge on any atom is -0.383 e. The van der Waals surface area contributed by atoms with Crippen molar-refractivity contribution in [3.8, 4) is 0 Å². The van der Waals surface area contributed by atoms with Crippen LogP contribution in [0.1, 0.15) is 6.42 Å². The van der Waals surface area contributed by atoms with E-state index in [1.807, 2.05) is 0 Å². The molecule has 7 nitrogen and oxygen atoms in total. The van der Waals surface area contributed by atoms with Crippen LogP contribution in [0.5, 0.6) is 0 Å². The van der Waals surface area contributed by atoms with Crippen LogP contribution in [-0.4, -0.2) is 70.6 Å². The Labute approximate surface area is 113 Å². The molecule has 1 N–H and O–H groups in total. The van der Waals surface area contributed by atoms with Gasteiger partial charge in [0.15, 0.2) is 6.29 Å². The fourth-order valence-electron chi connectivity index (χ4n) is 1.96. The highest BCUT2D eigenvalue weighted by Gasteiger charge is 2.33. The van der Waals surface area contributed by atoms with Gasteiger partial charge in [0, 0.05) is 40.8 Å². The lowest BCUT2D eigenvalue weighted by atomic mass is 10.1. The Bertz CT molecular complexity index is 306. The van der Waals surface area contributed by atoms with Gasteiger partial charge in [0.2, 0.25) is 11.8 Å². The number of ether oxygens (including phenoxy) is 3. The van der Waals surface area contributed by atoms with Crippen LogP contribution in [0, 0.1) is 5.92 Å². The van der Waals surface area contributed by atoms with Crippen molar-refractivity contribution in [2.24, 2.45) is 5.92 Å². The van der Waals surface area contributed by atoms with E-state index >= 15 is 0 Å². The number of hydrogen-bond acceptors (Lipinski definition) is 5. The lowest BCUT2D eigenvalue weighted by Crippen LogP contribution is -2.39. The van der Waals surface area contributed by atoms with Crippen molar-refractivity contribution in [3.05, 3.63) is 0 Å². The molecule has 0 aromatic carbocycles. The van der Waals surface area contributed by atoms with E-state index in [0.29, 0.717) is 19.7 Å². The maximum Gasteiger partial charge on any atom is 0.225 e. The van der Waals surface area contributed by atoms with E-state index in [2.05, 4.69) is 5.32 Å². The summed E-state index contributed by atoms with van der Waals surface area (Å²) in [5, 5.41) is 2.72. The van der Waals surface area contributed by atoms with Gasteiger partial charge < -0.3 is 24.4 Å². The SMILES string of the molecule is COCCN1CC(C(=O)NCC(OC)OC)CC1=O. The van der Waals surface area contributed by atoms with E-state index in [9.17, 15) is 9.59 Å². The number of likely N-dealkylation sites (tertiary alicyclic amines) is 1. The van der Waals surface area contributed by atoms with Crippen molar-refractivity contribution >= 4 is 11.8 Å². The van der Waals surface area contributed by atoms with Crippen LogP contribution in [0.15, 0.2) is 0 Å².